The molecule has 11 nitrogen and oxygen atoms in total. The largest absolute Gasteiger partial charge is 0.493 e. The Morgan fingerprint density at radius 2 is 1.68 bits per heavy atom. The summed E-state index contributed by atoms with van der Waals surface area (Å²) in [6.45, 7) is 0.507. The van der Waals surface area contributed by atoms with Crippen LogP contribution in [0.2, 0.25) is 0 Å². The fourth-order valence-electron chi connectivity index (χ4n) is 4.01. The maximum atomic E-state index is 13.5. The SMILES string of the molecule is COc1cc([C@H](Nc2ccc(C(N)=NO)cc2)C(=O)NCc2ccc([N+](=O)[O-])cc2)ccc1OCc1ccccc1. The molecule has 0 radical (unpaired) electrons. The van der Waals surface area contributed by atoms with Crippen LogP contribution in [0.15, 0.2) is 102 Å². The van der Waals surface area contributed by atoms with Gasteiger partial charge in [0.2, 0.25) is 5.91 Å². The number of amidine groups is 1. The van der Waals surface area contributed by atoms with E-state index < -0.39 is 11.0 Å². The lowest BCUT2D eigenvalue weighted by Gasteiger charge is -2.22. The second-order valence-electron chi connectivity index (χ2n) is 8.97. The Labute approximate surface area is 236 Å². The van der Waals surface area contributed by atoms with E-state index >= 15 is 0 Å². The average Bonchev–Trinajstić information content (AvgIpc) is 3.02. The summed E-state index contributed by atoms with van der Waals surface area (Å²) in [6, 6.07) is 26.8. The number of amides is 1. The number of non-ortho nitro benzene ring substituents is 1. The smallest absolute Gasteiger partial charge is 0.269 e. The molecule has 210 valence electrons. The van der Waals surface area contributed by atoms with Gasteiger partial charge >= 0.3 is 0 Å². The summed E-state index contributed by atoms with van der Waals surface area (Å²) in [5.41, 5.74) is 9.07. The van der Waals surface area contributed by atoms with Crippen molar-refractivity contribution in [3.05, 3.63) is 129 Å². The van der Waals surface area contributed by atoms with Crippen LogP contribution in [0, 0.1) is 10.1 Å². The van der Waals surface area contributed by atoms with Gasteiger partial charge in [-0.15, -0.1) is 0 Å². The fraction of sp³-hybridized carbons (Fsp3) is 0.133. The van der Waals surface area contributed by atoms with Crippen molar-refractivity contribution in [3.63, 3.8) is 0 Å². The number of nitro benzene ring substituents is 1. The van der Waals surface area contributed by atoms with E-state index in [-0.39, 0.29) is 24.0 Å². The topological polar surface area (TPSA) is 161 Å². The van der Waals surface area contributed by atoms with Gasteiger partial charge in [-0.2, -0.15) is 0 Å². The minimum atomic E-state index is -0.847. The third-order valence-corrected chi connectivity index (χ3v) is 6.23. The van der Waals surface area contributed by atoms with Gasteiger partial charge in [-0.05, 0) is 53.1 Å². The molecule has 4 aromatic rings. The van der Waals surface area contributed by atoms with E-state index in [1.165, 1.54) is 19.2 Å². The van der Waals surface area contributed by atoms with Gasteiger partial charge in [0.1, 0.15) is 12.6 Å². The third-order valence-electron chi connectivity index (χ3n) is 6.23. The zero-order valence-corrected chi connectivity index (χ0v) is 22.2. The van der Waals surface area contributed by atoms with E-state index in [1.807, 2.05) is 30.3 Å². The molecule has 0 saturated carbocycles. The summed E-state index contributed by atoms with van der Waals surface area (Å²) in [5.74, 6) is 0.595. The summed E-state index contributed by atoms with van der Waals surface area (Å²) < 4.78 is 11.5. The molecule has 0 aromatic heterocycles. The summed E-state index contributed by atoms with van der Waals surface area (Å²) in [6.07, 6.45) is 0. The van der Waals surface area contributed by atoms with Gasteiger partial charge in [0.05, 0.1) is 12.0 Å². The number of nitro groups is 1. The van der Waals surface area contributed by atoms with Gasteiger partial charge in [-0.25, -0.2) is 0 Å². The highest BCUT2D eigenvalue weighted by molar-refractivity contribution is 5.97. The molecule has 0 spiro atoms. The molecule has 11 heteroatoms. The van der Waals surface area contributed by atoms with Crippen LogP contribution in [0.25, 0.3) is 0 Å². The number of carbonyl (C=O) groups excluding carboxylic acids is 1. The number of benzene rings is 4. The minimum absolute atomic E-state index is 0.0309. The molecule has 0 saturated heterocycles. The lowest BCUT2D eigenvalue weighted by atomic mass is 10.0. The van der Waals surface area contributed by atoms with Crippen molar-refractivity contribution in [2.24, 2.45) is 10.9 Å². The highest BCUT2D eigenvalue weighted by Gasteiger charge is 2.23. The minimum Gasteiger partial charge on any atom is -0.493 e. The number of ether oxygens (including phenoxy) is 2. The highest BCUT2D eigenvalue weighted by atomic mass is 16.6. The van der Waals surface area contributed by atoms with Crippen LogP contribution >= 0.6 is 0 Å². The van der Waals surface area contributed by atoms with Crippen LogP contribution in [0.4, 0.5) is 11.4 Å². The summed E-state index contributed by atoms with van der Waals surface area (Å²) in [7, 11) is 1.53. The van der Waals surface area contributed by atoms with Crippen molar-refractivity contribution in [3.8, 4) is 11.5 Å². The van der Waals surface area contributed by atoms with Crippen LogP contribution < -0.4 is 25.8 Å². The molecule has 41 heavy (non-hydrogen) atoms. The molecule has 0 aliphatic rings. The maximum absolute atomic E-state index is 13.5. The van der Waals surface area contributed by atoms with Gasteiger partial charge in [-0.1, -0.05) is 53.7 Å². The van der Waals surface area contributed by atoms with Crippen molar-refractivity contribution >= 4 is 23.1 Å². The third kappa shape index (κ3) is 7.51. The van der Waals surface area contributed by atoms with E-state index in [2.05, 4.69) is 15.8 Å². The number of rotatable bonds is 12. The number of nitrogens with one attached hydrogen (secondary N) is 2. The number of hydrogen-bond acceptors (Lipinski definition) is 8. The fourth-order valence-corrected chi connectivity index (χ4v) is 4.01. The number of anilines is 1. The first-order valence-electron chi connectivity index (χ1n) is 12.6. The van der Waals surface area contributed by atoms with Gasteiger partial charge in [0.15, 0.2) is 17.3 Å². The van der Waals surface area contributed by atoms with Crippen molar-refractivity contribution in [1.29, 1.82) is 0 Å². The van der Waals surface area contributed by atoms with Gasteiger partial charge in [0.25, 0.3) is 5.69 Å². The van der Waals surface area contributed by atoms with Crippen LogP contribution in [0.5, 0.6) is 11.5 Å². The van der Waals surface area contributed by atoms with E-state index in [9.17, 15) is 14.9 Å². The predicted octanol–water partition coefficient (Wildman–Crippen LogP) is 4.75. The van der Waals surface area contributed by atoms with Crippen LogP contribution in [-0.4, -0.2) is 29.0 Å². The molecule has 0 fully saturated rings. The lowest BCUT2D eigenvalue weighted by Crippen LogP contribution is -2.33. The molecule has 1 atom stereocenters. The highest BCUT2D eigenvalue weighted by Crippen LogP contribution is 2.32. The standard InChI is InChI=1S/C30H29N5O6/c1-40-27-17-23(11-16-26(27)41-19-21-5-3-2-4-6-21)28(33-24-12-9-22(10-13-24)29(31)34-37)30(36)32-18-20-7-14-25(15-8-20)35(38)39/h2-17,28,33,37H,18-19H2,1H3,(H2,31,34)(H,32,36)/t28-/m0/s1. The van der Waals surface area contributed by atoms with Gasteiger partial charge in [-0.3, -0.25) is 14.9 Å². The van der Waals surface area contributed by atoms with Gasteiger partial charge in [0, 0.05) is 29.9 Å². The molecule has 1 amide bonds. The monoisotopic (exact) mass is 555 g/mol. The normalized spacial score (nSPS) is 11.8. The second kappa shape index (κ2) is 13.5. The lowest BCUT2D eigenvalue weighted by molar-refractivity contribution is -0.384. The zero-order chi connectivity index (χ0) is 29.2. The number of carbonyl (C=O) groups is 1. The molecule has 4 rings (SSSR count). The Morgan fingerprint density at radius 3 is 2.32 bits per heavy atom. The predicted molar refractivity (Wildman–Crippen MR) is 154 cm³/mol. The average molecular weight is 556 g/mol. The molecular formula is C30H29N5O6. The molecule has 0 aliphatic carbocycles. The summed E-state index contributed by atoms with van der Waals surface area (Å²) >= 11 is 0. The Morgan fingerprint density at radius 1 is 0.976 bits per heavy atom. The van der Waals surface area contributed by atoms with Crippen LogP contribution in [0.3, 0.4) is 0 Å². The zero-order valence-electron chi connectivity index (χ0n) is 22.2. The first-order chi connectivity index (χ1) is 19.9. The first kappa shape index (κ1) is 28.4. The van der Waals surface area contributed by atoms with Gasteiger partial charge < -0.3 is 31.0 Å². The van der Waals surface area contributed by atoms with Crippen molar-refractivity contribution in [2.75, 3.05) is 12.4 Å². The Hall–Kier alpha value is -5.58. The number of nitrogens with zero attached hydrogens (tertiary/aromatic N) is 2. The number of hydrogen-bond donors (Lipinski definition) is 4. The molecule has 0 aliphatic heterocycles. The van der Waals surface area contributed by atoms with Crippen molar-refractivity contribution in [1.82, 2.24) is 5.32 Å². The van der Waals surface area contributed by atoms with Crippen LogP contribution in [0.1, 0.15) is 28.3 Å². The Kier molecular flexibility index (Phi) is 9.34. The van der Waals surface area contributed by atoms with E-state index in [4.69, 9.17) is 20.4 Å². The Balaban J connectivity index is 1.56. The first-order valence-corrected chi connectivity index (χ1v) is 12.6. The van der Waals surface area contributed by atoms with E-state index in [0.717, 1.165) is 5.56 Å². The summed E-state index contributed by atoms with van der Waals surface area (Å²) in [4.78, 5) is 24.0. The molecule has 5 N–H and O–H groups in total. The Bertz CT molecular complexity index is 1510. The molecule has 0 heterocycles. The number of oxime groups is 1. The molecule has 4 aromatic carbocycles. The number of nitrogens with two attached hydrogens (primary N) is 1. The van der Waals surface area contributed by atoms with E-state index in [0.29, 0.717) is 40.5 Å². The molecule has 0 unspecified atom stereocenters. The quantitative estimate of drug-likeness (QED) is 0.0640. The van der Waals surface area contributed by atoms with Crippen molar-refractivity contribution in [2.45, 2.75) is 19.2 Å². The second-order valence-corrected chi connectivity index (χ2v) is 8.97. The summed E-state index contributed by atoms with van der Waals surface area (Å²) in [5, 5.41) is 29.0. The van der Waals surface area contributed by atoms with Crippen LogP contribution in [-0.2, 0) is 17.9 Å². The van der Waals surface area contributed by atoms with Crippen molar-refractivity contribution < 1.29 is 24.4 Å². The molecular weight excluding hydrogens is 526 g/mol. The molecule has 0 bridgehead atoms. The van der Waals surface area contributed by atoms with E-state index in [1.54, 1.807) is 54.6 Å². The maximum Gasteiger partial charge on any atom is 0.269 e. The number of methoxy groups -OCH3 is 1.